The number of likely N-dealkylation sites (tertiary alicyclic amines) is 1. The molecule has 3 heterocycles. The van der Waals surface area contributed by atoms with Crippen molar-refractivity contribution in [1.82, 2.24) is 9.88 Å². The van der Waals surface area contributed by atoms with Crippen LogP contribution < -0.4 is 0 Å². The maximum Gasteiger partial charge on any atom is 0.417 e. The molecule has 3 rings (SSSR count). The van der Waals surface area contributed by atoms with Gasteiger partial charge >= 0.3 is 6.18 Å². The van der Waals surface area contributed by atoms with Gasteiger partial charge in [-0.25, -0.2) is 8.42 Å². The van der Waals surface area contributed by atoms with Gasteiger partial charge in [0, 0.05) is 30.4 Å². The van der Waals surface area contributed by atoms with Crippen molar-refractivity contribution < 1.29 is 21.6 Å². The van der Waals surface area contributed by atoms with Crippen LogP contribution in [0.25, 0.3) is 0 Å². The van der Waals surface area contributed by atoms with E-state index in [4.69, 9.17) is 0 Å². The van der Waals surface area contributed by atoms with E-state index in [0.29, 0.717) is 12.1 Å². The van der Waals surface area contributed by atoms with E-state index in [1.54, 1.807) is 0 Å². The molecule has 0 bridgehead atoms. The molecule has 2 aliphatic rings. The van der Waals surface area contributed by atoms with Crippen LogP contribution in [0.2, 0.25) is 0 Å². The Morgan fingerprint density at radius 3 is 2.44 bits per heavy atom. The minimum Gasteiger partial charge on any atom is -0.302 e. The SMILES string of the molecule is CC(C)(Cc1ccc(C(F)(F)F)cn1)CN1CCC2(C1)CS(=O)(=O)C2. The second kappa shape index (κ2) is 5.94. The zero-order chi connectivity index (χ0) is 18.5. The Morgan fingerprint density at radius 2 is 1.92 bits per heavy atom. The lowest BCUT2D eigenvalue weighted by atomic mass is 9.86. The monoisotopic (exact) mass is 376 g/mol. The largest absolute Gasteiger partial charge is 0.417 e. The third kappa shape index (κ3) is 4.34. The predicted octanol–water partition coefficient (Wildman–Crippen LogP) is 2.79. The van der Waals surface area contributed by atoms with Gasteiger partial charge in [-0.05, 0) is 36.9 Å². The van der Waals surface area contributed by atoms with Gasteiger partial charge in [0.15, 0.2) is 9.84 Å². The van der Waals surface area contributed by atoms with Gasteiger partial charge in [0.25, 0.3) is 0 Å². The Bertz CT molecular complexity index is 730. The summed E-state index contributed by atoms with van der Waals surface area (Å²) in [6.45, 7) is 6.57. The van der Waals surface area contributed by atoms with E-state index in [2.05, 4.69) is 23.7 Å². The normalized spacial score (nSPS) is 22.9. The number of rotatable bonds is 4. The van der Waals surface area contributed by atoms with Crippen LogP contribution in [0, 0.1) is 10.8 Å². The molecule has 2 saturated heterocycles. The molecule has 1 spiro atoms. The average molecular weight is 376 g/mol. The van der Waals surface area contributed by atoms with Crippen LogP contribution in [0.1, 0.15) is 31.5 Å². The number of aromatic nitrogens is 1. The Hall–Kier alpha value is -1.15. The van der Waals surface area contributed by atoms with Gasteiger partial charge in [0.2, 0.25) is 0 Å². The van der Waals surface area contributed by atoms with Crippen LogP contribution in [0.5, 0.6) is 0 Å². The first-order chi connectivity index (χ1) is 11.4. The van der Waals surface area contributed by atoms with E-state index in [9.17, 15) is 21.6 Å². The first kappa shape index (κ1) is 18.6. The number of pyridine rings is 1. The fourth-order valence-electron chi connectivity index (χ4n) is 4.14. The topological polar surface area (TPSA) is 50.3 Å². The van der Waals surface area contributed by atoms with Crippen molar-refractivity contribution in [3.63, 3.8) is 0 Å². The zero-order valence-electron chi connectivity index (χ0n) is 14.4. The maximum absolute atomic E-state index is 12.6. The molecule has 0 N–H and O–H groups in total. The van der Waals surface area contributed by atoms with Crippen LogP contribution in [-0.2, 0) is 22.4 Å². The summed E-state index contributed by atoms with van der Waals surface area (Å²) in [6.07, 6.45) is -2.00. The molecule has 0 unspecified atom stereocenters. The quantitative estimate of drug-likeness (QED) is 0.811. The molecular weight excluding hydrogens is 353 g/mol. The standard InChI is InChI=1S/C17H23F3N2O2S/c1-15(2,7-14-4-3-13(8-21-14)17(18,19)20)9-22-6-5-16(10-22)11-25(23,24)12-16/h3-4,8H,5-7,9-12H2,1-2H3. The van der Waals surface area contributed by atoms with Gasteiger partial charge < -0.3 is 4.90 Å². The highest BCUT2D eigenvalue weighted by atomic mass is 32.2. The van der Waals surface area contributed by atoms with Crippen molar-refractivity contribution in [2.24, 2.45) is 10.8 Å². The van der Waals surface area contributed by atoms with Gasteiger partial charge in [0.05, 0.1) is 17.1 Å². The second-order valence-corrected chi connectivity index (χ2v) is 10.4. The molecule has 0 aromatic carbocycles. The molecule has 0 aliphatic carbocycles. The summed E-state index contributed by atoms with van der Waals surface area (Å²) in [5.41, 5.74) is -0.317. The Kier molecular flexibility index (Phi) is 4.43. The summed E-state index contributed by atoms with van der Waals surface area (Å²) < 4.78 is 60.8. The molecule has 4 nitrogen and oxygen atoms in total. The lowest BCUT2D eigenvalue weighted by Crippen LogP contribution is -2.50. The number of alkyl halides is 3. The van der Waals surface area contributed by atoms with Crippen LogP contribution in [0.4, 0.5) is 13.2 Å². The Labute approximate surface area is 146 Å². The van der Waals surface area contributed by atoms with Gasteiger partial charge in [-0.15, -0.1) is 0 Å². The third-order valence-corrected chi connectivity index (χ3v) is 7.14. The van der Waals surface area contributed by atoms with Crippen molar-refractivity contribution in [1.29, 1.82) is 0 Å². The molecule has 25 heavy (non-hydrogen) atoms. The summed E-state index contributed by atoms with van der Waals surface area (Å²) in [5, 5.41) is 0. The minimum atomic E-state index is -4.37. The molecule has 1 aromatic heterocycles. The average Bonchev–Trinajstić information content (AvgIpc) is 2.78. The summed E-state index contributed by atoms with van der Waals surface area (Å²) in [6, 6.07) is 2.51. The van der Waals surface area contributed by atoms with E-state index in [1.807, 2.05) is 0 Å². The van der Waals surface area contributed by atoms with Crippen LogP contribution in [0.15, 0.2) is 18.3 Å². The van der Waals surface area contributed by atoms with Crippen molar-refractivity contribution in [3.8, 4) is 0 Å². The first-order valence-electron chi connectivity index (χ1n) is 8.33. The molecule has 1 aromatic rings. The molecule has 0 saturated carbocycles. The zero-order valence-corrected chi connectivity index (χ0v) is 15.3. The highest BCUT2D eigenvalue weighted by Gasteiger charge is 2.52. The van der Waals surface area contributed by atoms with Crippen LogP contribution in [0.3, 0.4) is 0 Å². The van der Waals surface area contributed by atoms with Gasteiger partial charge in [-0.2, -0.15) is 13.2 Å². The van der Waals surface area contributed by atoms with E-state index in [0.717, 1.165) is 38.3 Å². The highest BCUT2D eigenvalue weighted by molar-refractivity contribution is 7.92. The summed E-state index contributed by atoms with van der Waals surface area (Å²) in [5.74, 6) is 0.578. The summed E-state index contributed by atoms with van der Waals surface area (Å²) >= 11 is 0. The lowest BCUT2D eigenvalue weighted by molar-refractivity contribution is -0.137. The summed E-state index contributed by atoms with van der Waals surface area (Å²) in [4.78, 5) is 6.24. The molecule has 2 aliphatic heterocycles. The predicted molar refractivity (Wildman–Crippen MR) is 88.9 cm³/mol. The molecule has 2 fully saturated rings. The fraction of sp³-hybridized carbons (Fsp3) is 0.706. The lowest BCUT2D eigenvalue weighted by Gasteiger charge is -2.38. The van der Waals surface area contributed by atoms with E-state index < -0.39 is 21.6 Å². The fourth-order valence-corrected chi connectivity index (χ4v) is 6.39. The number of hydrogen-bond donors (Lipinski definition) is 0. The van der Waals surface area contributed by atoms with Crippen molar-refractivity contribution in [2.75, 3.05) is 31.1 Å². The van der Waals surface area contributed by atoms with Crippen molar-refractivity contribution in [3.05, 3.63) is 29.6 Å². The van der Waals surface area contributed by atoms with E-state index >= 15 is 0 Å². The molecule has 0 radical (unpaired) electrons. The number of nitrogens with zero attached hydrogens (tertiary/aromatic N) is 2. The molecule has 0 amide bonds. The maximum atomic E-state index is 12.6. The van der Waals surface area contributed by atoms with Crippen LogP contribution >= 0.6 is 0 Å². The second-order valence-electron chi connectivity index (χ2n) is 8.37. The number of hydrogen-bond acceptors (Lipinski definition) is 4. The number of sulfone groups is 1. The van der Waals surface area contributed by atoms with Gasteiger partial charge in [-0.3, -0.25) is 4.98 Å². The smallest absolute Gasteiger partial charge is 0.302 e. The Morgan fingerprint density at radius 1 is 1.24 bits per heavy atom. The first-order valence-corrected chi connectivity index (χ1v) is 10.2. The van der Waals surface area contributed by atoms with E-state index in [-0.39, 0.29) is 22.3 Å². The highest BCUT2D eigenvalue weighted by Crippen LogP contribution is 2.42. The third-order valence-electron chi connectivity index (χ3n) is 5.03. The molecule has 0 atom stereocenters. The van der Waals surface area contributed by atoms with Gasteiger partial charge in [0.1, 0.15) is 0 Å². The minimum absolute atomic E-state index is 0.0679. The van der Waals surface area contributed by atoms with Crippen molar-refractivity contribution in [2.45, 2.75) is 32.9 Å². The summed E-state index contributed by atoms with van der Waals surface area (Å²) in [7, 11) is -2.83. The molecule has 140 valence electrons. The van der Waals surface area contributed by atoms with E-state index in [1.165, 1.54) is 6.07 Å². The molecule has 8 heteroatoms. The number of halogens is 3. The van der Waals surface area contributed by atoms with Crippen molar-refractivity contribution >= 4 is 9.84 Å². The Balaban J connectivity index is 1.57. The van der Waals surface area contributed by atoms with Gasteiger partial charge in [-0.1, -0.05) is 13.8 Å². The van der Waals surface area contributed by atoms with Crippen LogP contribution in [-0.4, -0.2) is 49.4 Å². The molecular formula is C17H23F3N2O2S.